The number of nitrogens with zero attached hydrogens (tertiary/aromatic N) is 1. The quantitative estimate of drug-likeness (QED) is 0.262. The predicted octanol–water partition coefficient (Wildman–Crippen LogP) is 5.77. The number of thioether (sulfide) groups is 1. The lowest BCUT2D eigenvalue weighted by Gasteiger charge is -2.12. The Bertz CT molecular complexity index is 1430. The van der Waals surface area contributed by atoms with Crippen LogP contribution in [0.4, 0.5) is 4.79 Å². The van der Waals surface area contributed by atoms with Crippen molar-refractivity contribution in [1.29, 1.82) is 0 Å². The molecule has 0 saturated carbocycles. The zero-order valence-electron chi connectivity index (χ0n) is 18.7. The van der Waals surface area contributed by atoms with Crippen LogP contribution in [0.1, 0.15) is 16.7 Å². The van der Waals surface area contributed by atoms with Gasteiger partial charge >= 0.3 is 10.1 Å². The summed E-state index contributed by atoms with van der Waals surface area (Å²) in [5, 5.41) is -0.340. The summed E-state index contributed by atoms with van der Waals surface area (Å²) in [7, 11) is -2.57. The van der Waals surface area contributed by atoms with Crippen molar-refractivity contribution in [1.82, 2.24) is 4.90 Å². The molecule has 180 valence electrons. The van der Waals surface area contributed by atoms with Crippen molar-refractivity contribution in [2.45, 2.75) is 18.4 Å². The van der Waals surface area contributed by atoms with Crippen LogP contribution in [0.25, 0.3) is 6.08 Å². The number of rotatable bonds is 7. The third-order valence-electron chi connectivity index (χ3n) is 5.10. The lowest BCUT2D eigenvalue weighted by atomic mass is 10.1. The van der Waals surface area contributed by atoms with Gasteiger partial charge in [-0.25, -0.2) is 0 Å². The highest BCUT2D eigenvalue weighted by atomic mass is 79.9. The third-order valence-corrected chi connectivity index (χ3v) is 7.87. The number of carbonyl (C=O) groups is 2. The summed E-state index contributed by atoms with van der Waals surface area (Å²) < 4.78 is 35.9. The van der Waals surface area contributed by atoms with Gasteiger partial charge in [0.15, 0.2) is 5.75 Å². The topological polar surface area (TPSA) is 90.0 Å². The maximum atomic E-state index is 12.8. The second kappa shape index (κ2) is 10.3. The van der Waals surface area contributed by atoms with Crippen molar-refractivity contribution >= 4 is 55.0 Å². The molecule has 1 fully saturated rings. The Morgan fingerprint density at radius 1 is 1.03 bits per heavy atom. The van der Waals surface area contributed by atoms with Gasteiger partial charge in [0.05, 0.1) is 23.0 Å². The molecule has 1 heterocycles. The maximum Gasteiger partial charge on any atom is 0.339 e. The van der Waals surface area contributed by atoms with E-state index >= 15 is 0 Å². The predicted molar refractivity (Wildman–Crippen MR) is 138 cm³/mol. The maximum absolute atomic E-state index is 12.8. The van der Waals surface area contributed by atoms with E-state index in [-0.39, 0.29) is 33.2 Å². The number of benzene rings is 3. The lowest BCUT2D eigenvalue weighted by molar-refractivity contribution is -0.123. The Kier molecular flexibility index (Phi) is 7.34. The van der Waals surface area contributed by atoms with Gasteiger partial charge in [0.2, 0.25) is 0 Å². The van der Waals surface area contributed by atoms with Crippen LogP contribution >= 0.6 is 27.7 Å². The largest absolute Gasteiger partial charge is 0.497 e. The molecule has 1 aliphatic heterocycles. The number of ether oxygens (including phenoxy) is 1. The number of halogens is 1. The standard InChI is InChI=1S/C25H20BrNO6S2/c1-16-4-3-5-18(12-16)15-27-24(28)23(34-25(27)29)14-17-6-11-22(21(26)13-17)33-35(30,31)20-9-7-19(32-2)8-10-20/h3-14H,15H2,1-2H3/b23-14-. The van der Waals surface area contributed by atoms with Gasteiger partial charge in [-0.1, -0.05) is 35.9 Å². The van der Waals surface area contributed by atoms with Gasteiger partial charge in [-0.2, -0.15) is 8.42 Å². The number of hydrogen-bond acceptors (Lipinski definition) is 7. The van der Waals surface area contributed by atoms with Gasteiger partial charge in [0.25, 0.3) is 11.1 Å². The van der Waals surface area contributed by atoms with Gasteiger partial charge in [-0.15, -0.1) is 0 Å². The molecule has 0 radical (unpaired) electrons. The van der Waals surface area contributed by atoms with Crippen LogP contribution in [-0.4, -0.2) is 31.6 Å². The summed E-state index contributed by atoms with van der Waals surface area (Å²) in [5.41, 5.74) is 2.52. The number of carbonyl (C=O) groups excluding carboxylic acids is 2. The Labute approximate surface area is 216 Å². The molecule has 3 aromatic carbocycles. The third kappa shape index (κ3) is 5.77. The number of methoxy groups -OCH3 is 1. The smallest absolute Gasteiger partial charge is 0.339 e. The number of imide groups is 1. The van der Waals surface area contributed by atoms with E-state index in [4.69, 9.17) is 8.92 Å². The molecule has 10 heteroatoms. The van der Waals surface area contributed by atoms with E-state index in [1.807, 2.05) is 31.2 Å². The molecule has 0 bridgehead atoms. The summed E-state index contributed by atoms with van der Waals surface area (Å²) in [4.78, 5) is 26.8. The van der Waals surface area contributed by atoms with Gasteiger partial charge in [-0.05, 0) is 88.2 Å². The minimum absolute atomic E-state index is 0.0171. The van der Waals surface area contributed by atoms with Crippen LogP contribution in [-0.2, 0) is 21.5 Å². The monoisotopic (exact) mass is 573 g/mol. The number of hydrogen-bond donors (Lipinski definition) is 0. The fourth-order valence-electron chi connectivity index (χ4n) is 3.36. The van der Waals surface area contributed by atoms with Gasteiger partial charge < -0.3 is 8.92 Å². The summed E-state index contributed by atoms with van der Waals surface area (Å²) >= 11 is 4.19. The van der Waals surface area contributed by atoms with Crippen LogP contribution < -0.4 is 8.92 Å². The Morgan fingerprint density at radius 2 is 1.77 bits per heavy atom. The fourth-order valence-corrected chi connectivity index (χ4v) is 5.73. The first-order chi connectivity index (χ1) is 16.7. The van der Waals surface area contributed by atoms with Crippen molar-refractivity contribution in [3.05, 3.63) is 92.8 Å². The van der Waals surface area contributed by atoms with E-state index < -0.39 is 10.1 Å². The first-order valence-corrected chi connectivity index (χ1v) is 13.4. The first-order valence-electron chi connectivity index (χ1n) is 10.4. The van der Waals surface area contributed by atoms with E-state index in [9.17, 15) is 18.0 Å². The second-order valence-electron chi connectivity index (χ2n) is 7.66. The molecule has 0 unspecified atom stereocenters. The molecule has 4 rings (SSSR count). The van der Waals surface area contributed by atoms with Crippen molar-refractivity contribution < 1.29 is 26.9 Å². The molecule has 35 heavy (non-hydrogen) atoms. The SMILES string of the molecule is COc1ccc(S(=O)(=O)Oc2ccc(/C=C3\SC(=O)N(Cc4cccc(C)c4)C3=O)cc2Br)cc1. The fraction of sp³-hybridized carbons (Fsp3) is 0.120. The molecule has 0 atom stereocenters. The van der Waals surface area contributed by atoms with Crippen LogP contribution in [0.3, 0.4) is 0 Å². The normalized spacial score (nSPS) is 15.1. The molecule has 7 nitrogen and oxygen atoms in total. The Balaban J connectivity index is 1.50. The summed E-state index contributed by atoms with van der Waals surface area (Å²) in [6.45, 7) is 2.15. The first kappa shape index (κ1) is 25.0. The molecule has 1 aliphatic rings. The van der Waals surface area contributed by atoms with Crippen molar-refractivity contribution in [2.24, 2.45) is 0 Å². The molecule has 0 spiro atoms. The average Bonchev–Trinajstić information content (AvgIpc) is 3.08. The van der Waals surface area contributed by atoms with E-state index in [1.165, 1.54) is 42.3 Å². The van der Waals surface area contributed by atoms with Crippen molar-refractivity contribution in [3.63, 3.8) is 0 Å². The van der Waals surface area contributed by atoms with E-state index in [0.29, 0.717) is 15.8 Å². The zero-order valence-corrected chi connectivity index (χ0v) is 21.9. The van der Waals surface area contributed by atoms with Gasteiger partial charge in [-0.3, -0.25) is 14.5 Å². The molecule has 0 aromatic heterocycles. The number of aryl methyl sites for hydroxylation is 1. The molecule has 1 saturated heterocycles. The highest BCUT2D eigenvalue weighted by molar-refractivity contribution is 9.10. The number of amides is 2. The summed E-state index contributed by atoms with van der Waals surface area (Å²) in [5.74, 6) is 0.239. The van der Waals surface area contributed by atoms with Crippen molar-refractivity contribution in [2.75, 3.05) is 7.11 Å². The Hall–Kier alpha value is -3.08. The molecule has 0 N–H and O–H groups in total. The minimum atomic E-state index is -4.06. The molecular formula is C25H20BrNO6S2. The molecule has 3 aromatic rings. The van der Waals surface area contributed by atoms with Crippen LogP contribution in [0.2, 0.25) is 0 Å². The van der Waals surface area contributed by atoms with Crippen LogP contribution in [0.5, 0.6) is 11.5 Å². The highest BCUT2D eigenvalue weighted by Crippen LogP contribution is 2.35. The van der Waals surface area contributed by atoms with Crippen LogP contribution in [0.15, 0.2) is 81.0 Å². The molecule has 0 aliphatic carbocycles. The second-order valence-corrected chi connectivity index (χ2v) is 11.1. The summed E-state index contributed by atoms with van der Waals surface area (Å²) in [6, 6.07) is 18.2. The highest BCUT2D eigenvalue weighted by Gasteiger charge is 2.35. The van der Waals surface area contributed by atoms with E-state index in [0.717, 1.165) is 22.9 Å². The van der Waals surface area contributed by atoms with Gasteiger partial charge in [0, 0.05) is 0 Å². The minimum Gasteiger partial charge on any atom is -0.497 e. The van der Waals surface area contributed by atoms with Crippen molar-refractivity contribution in [3.8, 4) is 11.5 Å². The molecule has 2 amide bonds. The van der Waals surface area contributed by atoms with Crippen LogP contribution in [0, 0.1) is 6.92 Å². The summed E-state index contributed by atoms with van der Waals surface area (Å²) in [6.07, 6.45) is 1.59. The van der Waals surface area contributed by atoms with Gasteiger partial charge in [0.1, 0.15) is 10.6 Å². The zero-order chi connectivity index (χ0) is 25.2. The van der Waals surface area contributed by atoms with E-state index in [1.54, 1.807) is 18.2 Å². The molecular weight excluding hydrogens is 554 g/mol. The Morgan fingerprint density at radius 3 is 2.43 bits per heavy atom. The van der Waals surface area contributed by atoms with E-state index in [2.05, 4.69) is 15.9 Å². The average molecular weight is 574 g/mol. The lowest BCUT2D eigenvalue weighted by Crippen LogP contribution is -2.27.